The quantitative estimate of drug-likeness (QED) is 0.461. The highest BCUT2D eigenvalue weighted by Gasteiger charge is 2.18. The predicted octanol–water partition coefficient (Wildman–Crippen LogP) is 4.89. The van der Waals surface area contributed by atoms with E-state index in [2.05, 4.69) is 10.3 Å². The van der Waals surface area contributed by atoms with Gasteiger partial charge in [-0.3, -0.25) is 9.59 Å². The van der Waals surface area contributed by atoms with Crippen LogP contribution in [0, 0.1) is 0 Å². The monoisotopic (exact) mass is 405 g/mol. The number of aromatic nitrogens is 1. The number of anilines is 2. The minimum atomic E-state index is -0.328. The summed E-state index contributed by atoms with van der Waals surface area (Å²) in [6, 6.07) is 14.4. The van der Waals surface area contributed by atoms with Crippen LogP contribution in [0.15, 0.2) is 48.5 Å². The van der Waals surface area contributed by atoms with Crippen molar-refractivity contribution in [1.29, 1.82) is 0 Å². The Bertz CT molecular complexity index is 1260. The van der Waals surface area contributed by atoms with Crippen molar-refractivity contribution in [2.75, 3.05) is 17.7 Å². The van der Waals surface area contributed by atoms with E-state index in [0.29, 0.717) is 33.3 Å². The van der Waals surface area contributed by atoms with Crippen LogP contribution in [0.5, 0.6) is 5.75 Å². The van der Waals surface area contributed by atoms with Crippen molar-refractivity contribution in [1.82, 2.24) is 4.98 Å². The normalized spacial score (nSPS) is 11.0. The summed E-state index contributed by atoms with van der Waals surface area (Å²) in [5.74, 6) is 0.369. The zero-order chi connectivity index (χ0) is 20.5. The predicted molar refractivity (Wildman–Crippen MR) is 117 cm³/mol. The van der Waals surface area contributed by atoms with Gasteiger partial charge in [0.25, 0.3) is 5.91 Å². The van der Waals surface area contributed by atoms with Crippen LogP contribution >= 0.6 is 11.3 Å². The van der Waals surface area contributed by atoms with E-state index in [0.717, 1.165) is 22.0 Å². The molecule has 0 atom stereocenters. The maximum absolute atomic E-state index is 12.8. The van der Waals surface area contributed by atoms with Crippen molar-refractivity contribution in [2.45, 2.75) is 13.8 Å². The smallest absolute Gasteiger partial charge is 0.267 e. The number of nitrogens with zero attached hydrogens (tertiary/aromatic N) is 1. The molecule has 0 aliphatic carbocycles. The third kappa shape index (κ3) is 3.64. The van der Waals surface area contributed by atoms with Gasteiger partial charge in [-0.25, -0.2) is 4.98 Å². The van der Waals surface area contributed by atoms with Crippen molar-refractivity contribution < 1.29 is 14.3 Å². The van der Waals surface area contributed by atoms with Gasteiger partial charge in [0.2, 0.25) is 0 Å². The number of hydrogen-bond acceptors (Lipinski definition) is 6. The lowest BCUT2D eigenvalue weighted by Gasteiger charge is -2.06. The number of hydrogen-bond donors (Lipinski definition) is 2. The number of nitrogens with two attached hydrogens (primary N) is 1. The fourth-order valence-corrected chi connectivity index (χ4v) is 4.09. The van der Waals surface area contributed by atoms with Crippen molar-refractivity contribution in [3.8, 4) is 5.75 Å². The number of carbonyl (C=O) groups is 2. The van der Waals surface area contributed by atoms with Crippen molar-refractivity contribution in [2.24, 2.45) is 0 Å². The number of thiophene rings is 1. The number of Topliss-reactive ketones (excluding diaryl/α,β-unsaturated/α-hetero) is 1. The molecule has 0 spiro atoms. The molecule has 4 aromatic rings. The first-order valence-electron chi connectivity index (χ1n) is 9.14. The summed E-state index contributed by atoms with van der Waals surface area (Å²) in [7, 11) is 0. The highest BCUT2D eigenvalue weighted by Crippen LogP contribution is 2.35. The summed E-state index contributed by atoms with van der Waals surface area (Å²) in [5.41, 5.74) is 8.56. The molecule has 6 nitrogen and oxygen atoms in total. The van der Waals surface area contributed by atoms with Gasteiger partial charge < -0.3 is 15.8 Å². The molecule has 29 heavy (non-hydrogen) atoms. The fraction of sp³-hybridized carbons (Fsp3) is 0.136. The second-order valence-electron chi connectivity index (χ2n) is 6.56. The molecule has 0 saturated heterocycles. The van der Waals surface area contributed by atoms with Crippen molar-refractivity contribution in [3.63, 3.8) is 0 Å². The first kappa shape index (κ1) is 18.9. The molecule has 3 N–H and O–H groups in total. The molecule has 7 heteroatoms. The van der Waals surface area contributed by atoms with E-state index in [1.165, 1.54) is 18.3 Å². The molecule has 2 heterocycles. The fourth-order valence-electron chi connectivity index (χ4n) is 3.11. The second-order valence-corrected chi connectivity index (χ2v) is 7.56. The molecule has 4 rings (SSSR count). The Morgan fingerprint density at radius 1 is 1.17 bits per heavy atom. The Morgan fingerprint density at radius 2 is 2.00 bits per heavy atom. The number of pyridine rings is 1. The Kier molecular flexibility index (Phi) is 4.90. The highest BCUT2D eigenvalue weighted by atomic mass is 32.1. The highest BCUT2D eigenvalue weighted by molar-refractivity contribution is 7.21. The summed E-state index contributed by atoms with van der Waals surface area (Å²) in [5, 5.41) is 4.45. The molecule has 1 amide bonds. The molecular formula is C22H19N3O3S. The zero-order valence-electron chi connectivity index (χ0n) is 16.0. The van der Waals surface area contributed by atoms with Crippen LogP contribution in [0.3, 0.4) is 0 Å². The standard InChI is InChI=1S/C22H19N3O3S/c1-3-28-16-7-8-18-14(10-16)11-17-19(23)20(29-22(17)25-18)21(27)24-15-6-4-5-13(9-15)12(2)26/h4-11H,3,23H2,1-2H3,(H,24,27). The van der Waals surface area contributed by atoms with Crippen LogP contribution in [-0.2, 0) is 0 Å². The summed E-state index contributed by atoms with van der Waals surface area (Å²) in [6.45, 7) is 3.99. The number of ether oxygens (including phenoxy) is 1. The Morgan fingerprint density at radius 3 is 2.76 bits per heavy atom. The van der Waals surface area contributed by atoms with E-state index in [-0.39, 0.29) is 11.7 Å². The number of benzene rings is 2. The minimum absolute atomic E-state index is 0.0650. The van der Waals surface area contributed by atoms with Gasteiger partial charge in [-0.2, -0.15) is 0 Å². The average molecular weight is 405 g/mol. The number of rotatable bonds is 5. The Labute approximate surface area is 171 Å². The largest absolute Gasteiger partial charge is 0.494 e. The van der Waals surface area contributed by atoms with Gasteiger partial charge in [-0.1, -0.05) is 12.1 Å². The number of carbonyl (C=O) groups excluding carboxylic acids is 2. The summed E-state index contributed by atoms with van der Waals surface area (Å²) in [6.07, 6.45) is 0. The zero-order valence-corrected chi connectivity index (χ0v) is 16.8. The number of ketones is 1. The van der Waals surface area contributed by atoms with Crippen LogP contribution in [0.2, 0.25) is 0 Å². The maximum atomic E-state index is 12.8. The second kappa shape index (κ2) is 7.52. The van der Waals surface area contributed by atoms with E-state index in [4.69, 9.17) is 10.5 Å². The van der Waals surface area contributed by atoms with E-state index in [1.54, 1.807) is 24.3 Å². The molecule has 2 aromatic heterocycles. The number of fused-ring (bicyclic) bond motifs is 2. The maximum Gasteiger partial charge on any atom is 0.267 e. The van der Waals surface area contributed by atoms with Crippen LogP contribution in [-0.4, -0.2) is 23.3 Å². The van der Waals surface area contributed by atoms with Crippen molar-refractivity contribution in [3.05, 3.63) is 59.0 Å². The van der Waals surface area contributed by atoms with E-state index in [9.17, 15) is 9.59 Å². The van der Waals surface area contributed by atoms with Gasteiger partial charge in [-0.05, 0) is 50.2 Å². The van der Waals surface area contributed by atoms with Gasteiger partial charge >= 0.3 is 0 Å². The van der Waals surface area contributed by atoms with Gasteiger partial charge in [0.1, 0.15) is 15.5 Å². The molecule has 146 valence electrons. The first-order valence-corrected chi connectivity index (χ1v) is 9.96. The molecule has 0 aliphatic rings. The van der Waals surface area contributed by atoms with Gasteiger partial charge in [0.15, 0.2) is 5.78 Å². The SMILES string of the molecule is CCOc1ccc2nc3sc(C(=O)Nc4cccc(C(C)=O)c4)c(N)c3cc2c1. The van der Waals surface area contributed by atoms with Crippen LogP contribution in [0.1, 0.15) is 33.9 Å². The van der Waals surface area contributed by atoms with Crippen LogP contribution in [0.4, 0.5) is 11.4 Å². The molecule has 0 unspecified atom stereocenters. The van der Waals surface area contributed by atoms with Gasteiger partial charge in [-0.15, -0.1) is 11.3 Å². The Balaban J connectivity index is 1.71. The Hall–Kier alpha value is -3.45. The first-order chi connectivity index (χ1) is 14.0. The summed E-state index contributed by atoms with van der Waals surface area (Å²) in [4.78, 5) is 30.1. The minimum Gasteiger partial charge on any atom is -0.494 e. The average Bonchev–Trinajstić information content (AvgIpc) is 3.02. The van der Waals surface area contributed by atoms with E-state index < -0.39 is 0 Å². The summed E-state index contributed by atoms with van der Waals surface area (Å²) >= 11 is 1.24. The summed E-state index contributed by atoms with van der Waals surface area (Å²) < 4.78 is 5.55. The van der Waals surface area contributed by atoms with E-state index >= 15 is 0 Å². The molecule has 2 aromatic carbocycles. The lowest BCUT2D eigenvalue weighted by atomic mass is 10.1. The molecule has 0 radical (unpaired) electrons. The number of nitrogen functional groups attached to an aromatic ring is 1. The lowest BCUT2D eigenvalue weighted by Crippen LogP contribution is -2.12. The third-order valence-corrected chi connectivity index (χ3v) is 5.64. The van der Waals surface area contributed by atoms with Crippen LogP contribution in [0.25, 0.3) is 21.1 Å². The molecule has 0 fully saturated rings. The lowest BCUT2D eigenvalue weighted by molar-refractivity contribution is 0.101. The van der Waals surface area contributed by atoms with Crippen LogP contribution < -0.4 is 15.8 Å². The molecular weight excluding hydrogens is 386 g/mol. The molecule has 0 aliphatic heterocycles. The van der Waals surface area contributed by atoms with Gasteiger partial charge in [0.05, 0.1) is 17.8 Å². The van der Waals surface area contributed by atoms with E-state index in [1.807, 2.05) is 31.2 Å². The topological polar surface area (TPSA) is 94.3 Å². The third-order valence-electron chi connectivity index (χ3n) is 4.53. The molecule has 0 saturated carbocycles. The van der Waals surface area contributed by atoms with Crippen molar-refractivity contribution >= 4 is 55.5 Å². The number of nitrogens with one attached hydrogen (secondary N) is 1. The number of amides is 1. The molecule has 0 bridgehead atoms. The van der Waals surface area contributed by atoms with Gasteiger partial charge in [0, 0.05) is 22.0 Å².